The molecule has 4 rings (SSSR count). The van der Waals surface area contributed by atoms with Gasteiger partial charge in [-0.3, -0.25) is 14.2 Å². The van der Waals surface area contributed by atoms with Crippen LogP contribution in [-0.2, 0) is 11.3 Å². The van der Waals surface area contributed by atoms with E-state index < -0.39 is 0 Å². The maximum absolute atomic E-state index is 13.5. The van der Waals surface area contributed by atoms with Gasteiger partial charge in [0.2, 0.25) is 5.91 Å². The van der Waals surface area contributed by atoms with Crippen LogP contribution in [-0.4, -0.2) is 33.6 Å². The lowest BCUT2D eigenvalue weighted by molar-refractivity contribution is -0.118. The van der Waals surface area contributed by atoms with Crippen LogP contribution in [0.15, 0.2) is 69.6 Å². The highest BCUT2D eigenvalue weighted by Gasteiger charge is 2.33. The Hall–Kier alpha value is -2.71. The van der Waals surface area contributed by atoms with Gasteiger partial charge in [0.05, 0.1) is 24.1 Å². The van der Waals surface area contributed by atoms with Crippen LogP contribution < -0.4 is 15.6 Å². The molecule has 0 saturated heterocycles. The van der Waals surface area contributed by atoms with Crippen LogP contribution in [0, 0.1) is 0 Å². The third-order valence-corrected chi connectivity index (χ3v) is 7.76. The summed E-state index contributed by atoms with van der Waals surface area (Å²) in [4.78, 5) is 30.8. The van der Waals surface area contributed by atoms with Crippen molar-refractivity contribution in [3.8, 4) is 11.4 Å². The lowest BCUT2D eigenvalue weighted by Crippen LogP contribution is -2.28. The number of ether oxygens (including phenoxy) is 1. The summed E-state index contributed by atoms with van der Waals surface area (Å²) in [5.41, 5.74) is 2.42. The number of carbonyl (C=O) groups excluding carboxylic acids is 1. The number of carbonyl (C=O) groups is 1. The number of hydrogen-bond acceptors (Lipinski definition) is 6. The Morgan fingerprint density at radius 3 is 2.56 bits per heavy atom. The SMILES string of the molecule is COc1ccc(-n2c(SCC(=O)NCc3ccccc3)nc3c(c2=O)[C@@H](C)[C@H](C)S3)cc1. The topological polar surface area (TPSA) is 73.2 Å². The van der Waals surface area contributed by atoms with E-state index in [1.807, 2.05) is 54.6 Å². The first-order valence-corrected chi connectivity index (χ1v) is 12.3. The van der Waals surface area contributed by atoms with Crippen LogP contribution in [0.4, 0.5) is 0 Å². The van der Waals surface area contributed by atoms with Gasteiger partial charge in [0.15, 0.2) is 5.16 Å². The zero-order valence-corrected chi connectivity index (χ0v) is 19.8. The van der Waals surface area contributed by atoms with Gasteiger partial charge in [0, 0.05) is 17.7 Å². The molecule has 0 radical (unpaired) electrons. The molecule has 1 aliphatic rings. The van der Waals surface area contributed by atoms with Crippen molar-refractivity contribution >= 4 is 29.4 Å². The molecule has 0 bridgehead atoms. The normalized spacial score (nSPS) is 17.1. The largest absolute Gasteiger partial charge is 0.497 e. The van der Waals surface area contributed by atoms with Crippen molar-refractivity contribution < 1.29 is 9.53 Å². The Kier molecular flexibility index (Phi) is 6.91. The van der Waals surface area contributed by atoms with E-state index in [4.69, 9.17) is 9.72 Å². The quantitative estimate of drug-likeness (QED) is 0.318. The Morgan fingerprint density at radius 1 is 1.16 bits per heavy atom. The zero-order chi connectivity index (χ0) is 22.7. The summed E-state index contributed by atoms with van der Waals surface area (Å²) >= 11 is 2.89. The number of thioether (sulfide) groups is 2. The molecule has 1 N–H and O–H groups in total. The molecule has 1 aromatic heterocycles. The first kappa shape index (κ1) is 22.5. The number of rotatable bonds is 7. The molecule has 0 aliphatic carbocycles. The van der Waals surface area contributed by atoms with Crippen molar-refractivity contribution in [3.63, 3.8) is 0 Å². The summed E-state index contributed by atoms with van der Waals surface area (Å²) in [6.07, 6.45) is 0. The Morgan fingerprint density at radius 2 is 1.88 bits per heavy atom. The molecule has 0 spiro atoms. The summed E-state index contributed by atoms with van der Waals surface area (Å²) in [7, 11) is 1.60. The molecule has 2 heterocycles. The van der Waals surface area contributed by atoms with Gasteiger partial charge in [-0.2, -0.15) is 0 Å². The molecule has 2 atom stereocenters. The molecule has 6 nitrogen and oxygen atoms in total. The molecule has 3 aromatic rings. The minimum Gasteiger partial charge on any atom is -0.497 e. The predicted molar refractivity (Wildman–Crippen MR) is 129 cm³/mol. The second-order valence-corrected chi connectivity index (χ2v) is 9.92. The maximum Gasteiger partial charge on any atom is 0.263 e. The molecule has 1 amide bonds. The molecule has 0 fully saturated rings. The zero-order valence-electron chi connectivity index (χ0n) is 18.2. The molecular formula is C24H25N3O3S2. The first-order valence-electron chi connectivity index (χ1n) is 10.4. The van der Waals surface area contributed by atoms with Crippen molar-refractivity contribution in [2.75, 3.05) is 12.9 Å². The van der Waals surface area contributed by atoms with Crippen LogP contribution in [0.5, 0.6) is 5.75 Å². The van der Waals surface area contributed by atoms with Crippen LogP contribution in [0.25, 0.3) is 5.69 Å². The van der Waals surface area contributed by atoms with Crippen molar-refractivity contribution in [2.45, 2.75) is 41.7 Å². The summed E-state index contributed by atoms with van der Waals surface area (Å²) in [6.45, 7) is 4.64. The maximum atomic E-state index is 13.5. The van der Waals surface area contributed by atoms with Crippen molar-refractivity contribution in [3.05, 3.63) is 76.1 Å². The highest BCUT2D eigenvalue weighted by molar-refractivity contribution is 8.00. The number of aromatic nitrogens is 2. The van der Waals surface area contributed by atoms with Gasteiger partial charge in [-0.1, -0.05) is 55.9 Å². The second kappa shape index (κ2) is 9.83. The molecule has 2 aromatic carbocycles. The standard InChI is InChI=1S/C24H25N3O3S2/c1-15-16(2)32-22-21(15)23(29)27(18-9-11-19(30-3)12-10-18)24(26-22)31-14-20(28)25-13-17-7-5-4-6-8-17/h4-12,15-16H,13-14H2,1-3H3,(H,25,28)/t15-,16-/m0/s1. The molecule has 32 heavy (non-hydrogen) atoms. The van der Waals surface area contributed by atoms with Gasteiger partial charge in [-0.15, -0.1) is 11.8 Å². The third kappa shape index (κ3) is 4.71. The Bertz CT molecular complexity index is 1160. The van der Waals surface area contributed by atoms with E-state index in [2.05, 4.69) is 19.2 Å². The van der Waals surface area contributed by atoms with Gasteiger partial charge in [0.25, 0.3) is 5.56 Å². The van der Waals surface area contributed by atoms with E-state index in [1.165, 1.54) is 11.8 Å². The molecule has 166 valence electrons. The van der Waals surface area contributed by atoms with Gasteiger partial charge in [0.1, 0.15) is 10.8 Å². The Labute approximate surface area is 195 Å². The highest BCUT2D eigenvalue weighted by Crippen LogP contribution is 2.43. The third-order valence-electron chi connectivity index (χ3n) is 5.50. The van der Waals surface area contributed by atoms with Crippen molar-refractivity contribution in [1.82, 2.24) is 14.9 Å². The van der Waals surface area contributed by atoms with Gasteiger partial charge in [-0.05, 0) is 29.8 Å². The summed E-state index contributed by atoms with van der Waals surface area (Å²) in [5, 5.41) is 4.50. The molecular weight excluding hydrogens is 442 g/mol. The predicted octanol–water partition coefficient (Wildman–Crippen LogP) is 4.25. The lowest BCUT2D eigenvalue weighted by Gasteiger charge is -2.15. The minimum atomic E-state index is -0.107. The monoisotopic (exact) mass is 467 g/mol. The number of methoxy groups -OCH3 is 1. The van der Waals surface area contributed by atoms with E-state index >= 15 is 0 Å². The van der Waals surface area contributed by atoms with E-state index in [1.54, 1.807) is 23.4 Å². The van der Waals surface area contributed by atoms with Gasteiger partial charge < -0.3 is 10.1 Å². The van der Waals surface area contributed by atoms with E-state index in [9.17, 15) is 9.59 Å². The number of amides is 1. The minimum absolute atomic E-state index is 0.0725. The van der Waals surface area contributed by atoms with Crippen LogP contribution in [0.2, 0.25) is 0 Å². The second-order valence-electron chi connectivity index (χ2n) is 7.61. The fourth-order valence-corrected chi connectivity index (χ4v) is 5.65. The number of fused-ring (bicyclic) bond motifs is 1. The average molecular weight is 468 g/mol. The van der Waals surface area contributed by atoms with E-state index in [-0.39, 0.29) is 28.4 Å². The summed E-state index contributed by atoms with van der Waals surface area (Å²) in [5.74, 6) is 0.893. The van der Waals surface area contributed by atoms with E-state index in [0.717, 1.165) is 16.2 Å². The molecule has 0 saturated carbocycles. The van der Waals surface area contributed by atoms with Crippen molar-refractivity contribution in [1.29, 1.82) is 0 Å². The number of nitrogens with one attached hydrogen (secondary N) is 1. The smallest absolute Gasteiger partial charge is 0.263 e. The lowest BCUT2D eigenvalue weighted by atomic mass is 10.0. The van der Waals surface area contributed by atoms with Crippen LogP contribution >= 0.6 is 23.5 Å². The van der Waals surface area contributed by atoms with Crippen molar-refractivity contribution in [2.24, 2.45) is 0 Å². The number of nitrogens with zero attached hydrogens (tertiary/aromatic N) is 2. The highest BCUT2D eigenvalue weighted by atomic mass is 32.2. The number of benzene rings is 2. The van der Waals surface area contributed by atoms with Gasteiger partial charge in [-0.25, -0.2) is 4.98 Å². The molecule has 8 heteroatoms. The Balaban J connectivity index is 1.60. The summed E-state index contributed by atoms with van der Waals surface area (Å²) < 4.78 is 6.86. The van der Waals surface area contributed by atoms with E-state index in [0.29, 0.717) is 23.1 Å². The molecule has 1 aliphatic heterocycles. The molecule has 0 unspecified atom stereocenters. The summed E-state index contributed by atoms with van der Waals surface area (Å²) in [6, 6.07) is 17.1. The fourth-order valence-electron chi connectivity index (χ4n) is 3.52. The van der Waals surface area contributed by atoms with Gasteiger partial charge >= 0.3 is 0 Å². The van der Waals surface area contributed by atoms with Crippen LogP contribution in [0.1, 0.15) is 30.9 Å². The first-order chi connectivity index (χ1) is 15.5. The number of hydrogen-bond donors (Lipinski definition) is 1. The average Bonchev–Trinajstić information content (AvgIpc) is 3.10. The fraction of sp³-hybridized carbons (Fsp3) is 0.292. The van der Waals surface area contributed by atoms with Crippen LogP contribution in [0.3, 0.4) is 0 Å².